The van der Waals surface area contributed by atoms with E-state index in [-0.39, 0.29) is 48.3 Å². The van der Waals surface area contributed by atoms with Gasteiger partial charge in [-0.25, -0.2) is 9.59 Å². The second kappa shape index (κ2) is 11.5. The number of benzene rings is 2. The van der Waals surface area contributed by atoms with Gasteiger partial charge in [-0.05, 0) is 73.2 Å². The van der Waals surface area contributed by atoms with Crippen LogP contribution in [0.15, 0.2) is 48.6 Å². The topological polar surface area (TPSA) is 183 Å². The van der Waals surface area contributed by atoms with Crippen LogP contribution in [0.25, 0.3) is 12.2 Å². The molecule has 0 unspecified atom stereocenters. The van der Waals surface area contributed by atoms with Gasteiger partial charge < -0.3 is 40.3 Å². The molecule has 0 heterocycles. The Balaban J connectivity index is 1.47. The summed E-state index contributed by atoms with van der Waals surface area (Å²) < 4.78 is 11.0. The molecule has 2 saturated carbocycles. The van der Waals surface area contributed by atoms with Crippen LogP contribution in [0.4, 0.5) is 0 Å². The molecular formula is C28H29NO10. The fourth-order valence-corrected chi connectivity index (χ4v) is 4.17. The van der Waals surface area contributed by atoms with Crippen molar-refractivity contribution in [1.82, 2.24) is 5.32 Å². The summed E-state index contributed by atoms with van der Waals surface area (Å²) in [6, 6.07) is 7.89. The van der Waals surface area contributed by atoms with E-state index >= 15 is 0 Å². The first-order chi connectivity index (χ1) is 18.5. The standard InChI is InChI=1S/C28H29NO10/c30-19-7-1-16(13-22(19)33)3-9-25(35)38-24-15-28(12-11-21(24)32,27(37)29-18-5-6-18)39-26(36)10-4-17-2-8-20(31)23(34)14-17/h1-4,7-10,13-14,18,21,24,30-34H,5-6,11-12,15H2,(H,29,37)/t21-,24-,28+/m1/s1. The number of aliphatic hydroxyl groups is 1. The molecule has 2 aromatic carbocycles. The number of carbonyl (C=O) groups excluding carboxylic acids is 3. The van der Waals surface area contributed by atoms with Gasteiger partial charge in [0.25, 0.3) is 5.91 Å². The highest BCUT2D eigenvalue weighted by atomic mass is 16.6. The number of phenolic OH excluding ortho intramolecular Hbond substituents is 4. The van der Waals surface area contributed by atoms with E-state index in [0.717, 1.165) is 25.0 Å². The monoisotopic (exact) mass is 539 g/mol. The number of aromatic hydroxyl groups is 4. The molecule has 4 rings (SSSR count). The zero-order valence-corrected chi connectivity index (χ0v) is 20.8. The van der Waals surface area contributed by atoms with Crippen LogP contribution in [0.5, 0.6) is 23.0 Å². The third kappa shape index (κ3) is 7.08. The first-order valence-corrected chi connectivity index (χ1v) is 12.4. The van der Waals surface area contributed by atoms with E-state index in [9.17, 15) is 39.9 Å². The SMILES string of the molecule is O=C(C=Cc1ccc(O)c(O)c1)O[C@@H]1C[C@](OC(=O)C=Cc2ccc(O)c(O)c2)(C(=O)NC2CC2)CC[C@H]1O. The van der Waals surface area contributed by atoms with Crippen molar-refractivity contribution in [2.24, 2.45) is 0 Å². The lowest BCUT2D eigenvalue weighted by molar-refractivity contribution is -0.184. The van der Waals surface area contributed by atoms with Crippen LogP contribution in [-0.2, 0) is 23.9 Å². The van der Waals surface area contributed by atoms with E-state index in [0.29, 0.717) is 11.1 Å². The molecule has 6 N–H and O–H groups in total. The zero-order valence-electron chi connectivity index (χ0n) is 20.8. The number of phenols is 4. The van der Waals surface area contributed by atoms with Crippen LogP contribution in [0.2, 0.25) is 0 Å². The van der Waals surface area contributed by atoms with Crippen molar-refractivity contribution >= 4 is 30.0 Å². The Kier molecular flexibility index (Phi) is 8.10. The number of esters is 2. The maximum atomic E-state index is 13.2. The fraction of sp³-hybridized carbons (Fsp3) is 0.321. The van der Waals surface area contributed by atoms with Crippen molar-refractivity contribution < 1.29 is 49.4 Å². The Morgan fingerprint density at radius 2 is 1.38 bits per heavy atom. The molecule has 2 fully saturated rings. The van der Waals surface area contributed by atoms with Crippen molar-refractivity contribution in [2.75, 3.05) is 0 Å². The highest BCUT2D eigenvalue weighted by Crippen LogP contribution is 2.36. The third-order valence-electron chi connectivity index (χ3n) is 6.52. The smallest absolute Gasteiger partial charge is 0.331 e. The van der Waals surface area contributed by atoms with Gasteiger partial charge in [0.05, 0.1) is 6.10 Å². The second-order valence-electron chi connectivity index (χ2n) is 9.61. The number of hydrogen-bond donors (Lipinski definition) is 6. The molecule has 206 valence electrons. The van der Waals surface area contributed by atoms with Gasteiger partial charge in [-0.3, -0.25) is 4.79 Å². The quantitative estimate of drug-likeness (QED) is 0.165. The summed E-state index contributed by atoms with van der Waals surface area (Å²) >= 11 is 0. The number of amides is 1. The summed E-state index contributed by atoms with van der Waals surface area (Å²) in [5.41, 5.74) is -0.886. The van der Waals surface area contributed by atoms with Crippen LogP contribution in [0.3, 0.4) is 0 Å². The lowest BCUT2D eigenvalue weighted by Gasteiger charge is -2.40. The van der Waals surface area contributed by atoms with Gasteiger partial charge in [-0.15, -0.1) is 0 Å². The number of rotatable bonds is 8. The first kappa shape index (κ1) is 27.5. The normalized spacial score (nSPS) is 23.0. The summed E-state index contributed by atoms with van der Waals surface area (Å²) in [6.07, 6.45) is 3.91. The molecule has 11 nitrogen and oxygen atoms in total. The number of ether oxygens (including phenoxy) is 2. The minimum absolute atomic E-state index is 0.00295. The van der Waals surface area contributed by atoms with Crippen LogP contribution < -0.4 is 5.32 Å². The van der Waals surface area contributed by atoms with Gasteiger partial charge in [0, 0.05) is 24.6 Å². The molecular weight excluding hydrogens is 510 g/mol. The molecule has 2 aromatic rings. The second-order valence-corrected chi connectivity index (χ2v) is 9.61. The molecule has 0 spiro atoms. The molecule has 2 aliphatic carbocycles. The van der Waals surface area contributed by atoms with Gasteiger partial charge in [0.15, 0.2) is 28.6 Å². The van der Waals surface area contributed by atoms with Crippen molar-refractivity contribution in [3.05, 3.63) is 59.7 Å². The van der Waals surface area contributed by atoms with Crippen LogP contribution in [0.1, 0.15) is 43.2 Å². The average Bonchev–Trinajstić information content (AvgIpc) is 3.71. The van der Waals surface area contributed by atoms with E-state index in [4.69, 9.17) is 9.47 Å². The Morgan fingerprint density at radius 3 is 1.92 bits per heavy atom. The maximum absolute atomic E-state index is 13.2. The highest BCUT2D eigenvalue weighted by molar-refractivity contribution is 5.93. The van der Waals surface area contributed by atoms with Crippen molar-refractivity contribution in [3.8, 4) is 23.0 Å². The van der Waals surface area contributed by atoms with Crippen LogP contribution >= 0.6 is 0 Å². The summed E-state index contributed by atoms with van der Waals surface area (Å²) in [7, 11) is 0. The van der Waals surface area contributed by atoms with Crippen LogP contribution in [-0.4, -0.2) is 67.2 Å². The van der Waals surface area contributed by atoms with E-state index in [1.807, 2.05) is 0 Å². The third-order valence-corrected chi connectivity index (χ3v) is 6.52. The zero-order chi connectivity index (χ0) is 28.2. The minimum Gasteiger partial charge on any atom is -0.504 e. The first-order valence-electron chi connectivity index (χ1n) is 12.4. The van der Waals surface area contributed by atoms with E-state index < -0.39 is 35.7 Å². The molecule has 1 amide bonds. The summed E-state index contributed by atoms with van der Waals surface area (Å²) in [6.45, 7) is 0. The number of nitrogens with one attached hydrogen (secondary N) is 1. The molecule has 0 radical (unpaired) electrons. The number of hydrogen-bond acceptors (Lipinski definition) is 10. The molecule has 0 bridgehead atoms. The largest absolute Gasteiger partial charge is 0.504 e. The number of carbonyl (C=O) groups is 3. The van der Waals surface area contributed by atoms with Gasteiger partial charge in [-0.2, -0.15) is 0 Å². The van der Waals surface area contributed by atoms with Crippen molar-refractivity contribution in [2.45, 2.75) is 56.0 Å². The van der Waals surface area contributed by atoms with Crippen molar-refractivity contribution in [1.29, 1.82) is 0 Å². The molecule has 2 aliphatic rings. The Labute approximate surface area is 223 Å². The highest BCUT2D eigenvalue weighted by Gasteiger charge is 2.51. The maximum Gasteiger partial charge on any atom is 0.331 e. The summed E-state index contributed by atoms with van der Waals surface area (Å²) in [4.78, 5) is 38.5. The average molecular weight is 540 g/mol. The van der Waals surface area contributed by atoms with Gasteiger partial charge in [0.1, 0.15) is 6.10 Å². The molecule has 0 saturated heterocycles. The Hall–Kier alpha value is -4.51. The number of aliphatic hydroxyl groups excluding tert-OH is 1. The van der Waals surface area contributed by atoms with E-state index in [1.165, 1.54) is 48.6 Å². The van der Waals surface area contributed by atoms with Gasteiger partial charge in [0.2, 0.25) is 0 Å². The van der Waals surface area contributed by atoms with E-state index in [1.54, 1.807) is 0 Å². The molecule has 3 atom stereocenters. The van der Waals surface area contributed by atoms with Gasteiger partial charge >= 0.3 is 11.9 Å². The summed E-state index contributed by atoms with van der Waals surface area (Å²) in [5, 5.41) is 51.4. The Morgan fingerprint density at radius 1 is 0.821 bits per heavy atom. The predicted molar refractivity (Wildman–Crippen MR) is 137 cm³/mol. The summed E-state index contributed by atoms with van der Waals surface area (Å²) in [5.74, 6) is -3.59. The lowest BCUT2D eigenvalue weighted by atomic mass is 9.80. The molecule has 11 heteroatoms. The lowest BCUT2D eigenvalue weighted by Crippen LogP contribution is -2.57. The van der Waals surface area contributed by atoms with Gasteiger partial charge in [-0.1, -0.05) is 12.1 Å². The van der Waals surface area contributed by atoms with Crippen molar-refractivity contribution in [3.63, 3.8) is 0 Å². The van der Waals surface area contributed by atoms with E-state index in [2.05, 4.69) is 5.32 Å². The predicted octanol–water partition coefficient (Wildman–Crippen LogP) is 2.25. The fourth-order valence-electron chi connectivity index (χ4n) is 4.17. The Bertz CT molecular complexity index is 1320. The van der Waals surface area contributed by atoms with Crippen LogP contribution in [0, 0.1) is 0 Å². The minimum atomic E-state index is -1.70. The molecule has 0 aliphatic heterocycles. The molecule has 0 aromatic heterocycles. The molecule has 39 heavy (non-hydrogen) atoms.